The van der Waals surface area contributed by atoms with Gasteiger partial charge < -0.3 is 19.1 Å². The van der Waals surface area contributed by atoms with Crippen LogP contribution >= 0.6 is 35.4 Å². The van der Waals surface area contributed by atoms with Gasteiger partial charge in [-0.3, -0.25) is 0 Å². The van der Waals surface area contributed by atoms with E-state index in [0.29, 0.717) is 39.2 Å². The molecule has 2 heterocycles. The summed E-state index contributed by atoms with van der Waals surface area (Å²) in [5.41, 5.74) is 0.718. The normalized spacial score (nSPS) is 10.7. The maximum Gasteiger partial charge on any atom is 0.283 e. The molecule has 1 N–H and O–H groups in total. The Morgan fingerprint density at radius 3 is 2.65 bits per heavy atom. The molecule has 1 aromatic carbocycles. The minimum Gasteiger partial charge on any atom is -0.459 e. The van der Waals surface area contributed by atoms with Gasteiger partial charge in [0.15, 0.2) is 10.9 Å². The molecule has 0 amide bonds. The number of thiocarbonyl (C=S) groups is 1. The molecule has 0 bridgehead atoms. The lowest BCUT2D eigenvalue weighted by atomic mass is 10.3. The number of nitrogens with zero attached hydrogens (tertiary/aromatic N) is 3. The first-order valence-electron chi connectivity index (χ1n) is 7.93. The van der Waals surface area contributed by atoms with Crippen LogP contribution in [0, 0.1) is 0 Å². The molecule has 0 saturated carbocycles. The van der Waals surface area contributed by atoms with E-state index in [1.807, 2.05) is 4.90 Å². The third-order valence-electron chi connectivity index (χ3n) is 3.42. The first-order valence-corrected chi connectivity index (χ1v) is 9.10. The molecule has 0 atom stereocenters. The van der Waals surface area contributed by atoms with E-state index in [9.17, 15) is 0 Å². The Bertz CT molecular complexity index is 863. The fourth-order valence-electron chi connectivity index (χ4n) is 2.33. The van der Waals surface area contributed by atoms with E-state index in [1.165, 1.54) is 0 Å². The SMILES string of the molecule is CCCN(Cc1nnc(-c2ccco2)o1)C(=S)Nc1cc(Cl)cc(Cl)c1. The summed E-state index contributed by atoms with van der Waals surface area (Å²) in [6.45, 7) is 3.16. The Morgan fingerprint density at radius 2 is 2.00 bits per heavy atom. The fourth-order valence-corrected chi connectivity index (χ4v) is 3.13. The second-order valence-corrected chi connectivity index (χ2v) is 6.75. The van der Waals surface area contributed by atoms with Gasteiger partial charge in [-0.05, 0) is 49.0 Å². The zero-order valence-electron chi connectivity index (χ0n) is 13.9. The van der Waals surface area contributed by atoms with Crippen LogP contribution in [-0.4, -0.2) is 26.8 Å². The molecular formula is C17H16Cl2N4O2S. The number of benzene rings is 1. The molecule has 9 heteroatoms. The number of nitrogens with one attached hydrogen (secondary N) is 1. The lowest BCUT2D eigenvalue weighted by Crippen LogP contribution is -2.35. The summed E-state index contributed by atoms with van der Waals surface area (Å²) >= 11 is 17.6. The molecule has 0 unspecified atom stereocenters. The van der Waals surface area contributed by atoms with E-state index in [-0.39, 0.29) is 0 Å². The number of rotatable bonds is 6. The second-order valence-electron chi connectivity index (χ2n) is 5.49. The maximum absolute atomic E-state index is 6.03. The molecule has 0 fully saturated rings. The predicted octanol–water partition coefficient (Wildman–Crippen LogP) is 5.25. The smallest absolute Gasteiger partial charge is 0.283 e. The minimum atomic E-state index is 0.335. The summed E-state index contributed by atoms with van der Waals surface area (Å²) in [4.78, 5) is 1.93. The quantitative estimate of drug-likeness (QED) is 0.556. The van der Waals surface area contributed by atoms with Crippen molar-refractivity contribution < 1.29 is 8.83 Å². The highest BCUT2D eigenvalue weighted by Crippen LogP contribution is 2.23. The average Bonchev–Trinajstić information content (AvgIpc) is 3.24. The van der Waals surface area contributed by atoms with Crippen LogP contribution in [-0.2, 0) is 6.54 Å². The number of anilines is 1. The zero-order valence-corrected chi connectivity index (χ0v) is 16.2. The van der Waals surface area contributed by atoms with Crippen LogP contribution in [0.2, 0.25) is 10.0 Å². The van der Waals surface area contributed by atoms with Gasteiger partial charge in [0.1, 0.15) is 0 Å². The van der Waals surface area contributed by atoms with Gasteiger partial charge in [0.05, 0.1) is 12.8 Å². The molecule has 3 aromatic rings. The van der Waals surface area contributed by atoms with E-state index in [4.69, 9.17) is 44.3 Å². The molecule has 6 nitrogen and oxygen atoms in total. The van der Waals surface area contributed by atoms with Gasteiger partial charge in [-0.2, -0.15) is 0 Å². The third kappa shape index (κ3) is 4.75. The average molecular weight is 411 g/mol. The minimum absolute atomic E-state index is 0.335. The molecular weight excluding hydrogens is 395 g/mol. The Balaban J connectivity index is 1.71. The van der Waals surface area contributed by atoms with Crippen molar-refractivity contribution in [3.8, 4) is 11.7 Å². The van der Waals surface area contributed by atoms with Crippen LogP contribution in [0.4, 0.5) is 5.69 Å². The summed E-state index contributed by atoms with van der Waals surface area (Å²) in [5, 5.41) is 12.8. The molecule has 26 heavy (non-hydrogen) atoms. The topological polar surface area (TPSA) is 67.3 Å². The van der Waals surface area contributed by atoms with Crippen molar-refractivity contribution in [3.63, 3.8) is 0 Å². The van der Waals surface area contributed by atoms with Crippen molar-refractivity contribution in [3.05, 3.63) is 52.5 Å². The Morgan fingerprint density at radius 1 is 1.23 bits per heavy atom. The van der Waals surface area contributed by atoms with Gasteiger partial charge in [0.2, 0.25) is 5.89 Å². The van der Waals surface area contributed by atoms with Gasteiger partial charge in [0.25, 0.3) is 5.89 Å². The van der Waals surface area contributed by atoms with Gasteiger partial charge in [-0.15, -0.1) is 10.2 Å². The second kappa shape index (κ2) is 8.53. The first-order chi connectivity index (χ1) is 12.5. The van der Waals surface area contributed by atoms with Crippen LogP contribution in [0.15, 0.2) is 45.4 Å². The lowest BCUT2D eigenvalue weighted by Gasteiger charge is -2.24. The molecule has 0 radical (unpaired) electrons. The van der Waals surface area contributed by atoms with Gasteiger partial charge in [-0.1, -0.05) is 30.1 Å². The standard InChI is InChI=1S/C17H16Cl2N4O2S/c1-2-5-23(17(26)20-13-8-11(18)7-12(19)9-13)10-15-21-22-16(25-15)14-4-3-6-24-14/h3-4,6-9H,2,5,10H2,1H3,(H,20,26). The maximum atomic E-state index is 6.03. The number of halogens is 2. The molecule has 0 saturated heterocycles. The van der Waals surface area contributed by atoms with Crippen LogP contribution in [0.5, 0.6) is 0 Å². The molecule has 2 aromatic heterocycles. The van der Waals surface area contributed by atoms with Crippen molar-refractivity contribution in [2.24, 2.45) is 0 Å². The molecule has 3 rings (SSSR count). The monoisotopic (exact) mass is 410 g/mol. The van der Waals surface area contributed by atoms with Gasteiger partial charge in [0, 0.05) is 22.3 Å². The Kier molecular flexibility index (Phi) is 6.13. The van der Waals surface area contributed by atoms with E-state index >= 15 is 0 Å². The van der Waals surface area contributed by atoms with Gasteiger partial charge in [-0.25, -0.2) is 0 Å². The van der Waals surface area contributed by atoms with Crippen molar-refractivity contribution in [2.45, 2.75) is 19.9 Å². The van der Waals surface area contributed by atoms with E-state index in [1.54, 1.807) is 36.6 Å². The van der Waals surface area contributed by atoms with E-state index in [0.717, 1.165) is 18.7 Å². The van der Waals surface area contributed by atoms with Crippen LogP contribution in [0.3, 0.4) is 0 Å². The zero-order chi connectivity index (χ0) is 18.5. The highest BCUT2D eigenvalue weighted by atomic mass is 35.5. The number of furan rings is 1. The van der Waals surface area contributed by atoms with Crippen LogP contribution < -0.4 is 5.32 Å². The number of aromatic nitrogens is 2. The van der Waals surface area contributed by atoms with E-state index < -0.39 is 0 Å². The third-order valence-corrected chi connectivity index (χ3v) is 4.22. The number of hydrogen-bond acceptors (Lipinski definition) is 5. The summed E-state index contributed by atoms with van der Waals surface area (Å²) in [6, 6.07) is 8.70. The van der Waals surface area contributed by atoms with Crippen LogP contribution in [0.1, 0.15) is 19.2 Å². The predicted molar refractivity (Wildman–Crippen MR) is 105 cm³/mol. The van der Waals surface area contributed by atoms with Crippen molar-refractivity contribution in [2.75, 3.05) is 11.9 Å². The van der Waals surface area contributed by atoms with Crippen LogP contribution in [0.25, 0.3) is 11.7 Å². The Hall–Kier alpha value is -2.09. The first kappa shape index (κ1) is 18.7. The lowest BCUT2D eigenvalue weighted by molar-refractivity contribution is 0.357. The molecule has 0 aliphatic rings. The fraction of sp³-hybridized carbons (Fsp3) is 0.235. The van der Waals surface area contributed by atoms with Crippen molar-refractivity contribution >= 4 is 46.2 Å². The molecule has 136 valence electrons. The molecule has 0 aliphatic carbocycles. The molecule has 0 spiro atoms. The summed E-state index contributed by atoms with van der Waals surface area (Å²) in [6.07, 6.45) is 2.45. The summed E-state index contributed by atoms with van der Waals surface area (Å²) in [7, 11) is 0. The van der Waals surface area contributed by atoms with Crippen molar-refractivity contribution in [1.29, 1.82) is 0 Å². The van der Waals surface area contributed by atoms with Crippen molar-refractivity contribution in [1.82, 2.24) is 15.1 Å². The van der Waals surface area contributed by atoms with Gasteiger partial charge >= 0.3 is 0 Å². The number of hydrogen-bond donors (Lipinski definition) is 1. The Labute approximate surface area is 166 Å². The highest BCUT2D eigenvalue weighted by molar-refractivity contribution is 7.80. The van der Waals surface area contributed by atoms with E-state index in [2.05, 4.69) is 22.4 Å². The highest BCUT2D eigenvalue weighted by Gasteiger charge is 2.16. The summed E-state index contributed by atoms with van der Waals surface area (Å²) in [5.74, 6) is 1.31. The molecule has 0 aliphatic heterocycles. The largest absolute Gasteiger partial charge is 0.459 e. The summed E-state index contributed by atoms with van der Waals surface area (Å²) < 4.78 is 10.9.